The highest BCUT2D eigenvalue weighted by molar-refractivity contribution is 4.79. The molecule has 0 aliphatic heterocycles. The Morgan fingerprint density at radius 3 is 2.89 bits per heavy atom. The number of hydrogen-bond acceptors (Lipinski definition) is 2. The van der Waals surface area contributed by atoms with Crippen LogP contribution in [0.25, 0.3) is 0 Å². The zero-order chi connectivity index (χ0) is 6.69. The minimum Gasteiger partial charge on any atom is -0.321 e. The molecule has 0 aliphatic rings. The number of aryl methyl sites for hydroxylation is 1. The summed E-state index contributed by atoms with van der Waals surface area (Å²) in [6.45, 7) is 0. The fraction of sp³-hybridized carbons (Fsp3) is 0.333. The van der Waals surface area contributed by atoms with Crippen molar-refractivity contribution in [2.45, 2.75) is 0 Å². The monoisotopic (exact) mass is 123 g/mol. The Bertz CT molecular complexity index is 248. The number of rotatable bonds is 0. The Hall–Kier alpha value is -1.12. The van der Waals surface area contributed by atoms with Gasteiger partial charge in [-0.05, 0) is 6.07 Å². The molecule has 1 heterocycles. The van der Waals surface area contributed by atoms with Gasteiger partial charge in [-0.2, -0.15) is 0 Å². The third kappa shape index (κ3) is 1.16. The van der Waals surface area contributed by atoms with Crippen LogP contribution in [0.15, 0.2) is 23.6 Å². The summed E-state index contributed by atoms with van der Waals surface area (Å²) in [5, 5.41) is 0. The number of nitrogens with zero attached hydrogens (tertiary/aromatic N) is 3. The van der Waals surface area contributed by atoms with Crippen LogP contribution >= 0.6 is 0 Å². The maximum absolute atomic E-state index is 3.99. The van der Waals surface area contributed by atoms with Crippen LogP contribution in [0, 0.1) is 0 Å². The van der Waals surface area contributed by atoms with E-state index in [1.54, 1.807) is 19.6 Å². The quantitative estimate of drug-likeness (QED) is 0.475. The Morgan fingerprint density at radius 1 is 1.67 bits per heavy atom. The molecule has 3 nitrogen and oxygen atoms in total. The van der Waals surface area contributed by atoms with Crippen molar-refractivity contribution in [1.82, 2.24) is 9.55 Å². The van der Waals surface area contributed by atoms with E-state index in [1.165, 1.54) is 0 Å². The molecule has 3 heteroatoms. The van der Waals surface area contributed by atoms with Crippen LogP contribution in [0.5, 0.6) is 0 Å². The predicted molar refractivity (Wildman–Crippen MR) is 34.7 cm³/mol. The van der Waals surface area contributed by atoms with E-state index in [9.17, 15) is 0 Å². The van der Waals surface area contributed by atoms with Gasteiger partial charge in [0.05, 0.1) is 6.33 Å². The molecule has 0 unspecified atom stereocenters. The average Bonchev–Trinajstić information content (AvgIpc) is 1.89. The van der Waals surface area contributed by atoms with Crippen molar-refractivity contribution in [3.05, 3.63) is 24.1 Å². The molecule has 1 aromatic rings. The van der Waals surface area contributed by atoms with Gasteiger partial charge in [0.25, 0.3) is 0 Å². The van der Waals surface area contributed by atoms with Crippen LogP contribution in [0.3, 0.4) is 0 Å². The average molecular weight is 123 g/mol. The minimum atomic E-state index is 0.935. The Kier molecular flexibility index (Phi) is 1.63. The molecule has 0 atom stereocenters. The van der Waals surface area contributed by atoms with Gasteiger partial charge in [-0.25, -0.2) is 4.98 Å². The summed E-state index contributed by atoms with van der Waals surface area (Å²) in [5.41, 5.74) is 0.935. The third-order valence-corrected chi connectivity index (χ3v) is 1.14. The summed E-state index contributed by atoms with van der Waals surface area (Å²) in [5.74, 6) is 0. The lowest BCUT2D eigenvalue weighted by Crippen LogP contribution is -2.16. The Labute approximate surface area is 53.7 Å². The van der Waals surface area contributed by atoms with Crippen molar-refractivity contribution < 1.29 is 0 Å². The normalized spacial score (nSPS) is 12.0. The fourth-order valence-electron chi connectivity index (χ4n) is 0.657. The van der Waals surface area contributed by atoms with Crippen LogP contribution < -0.4 is 5.49 Å². The first-order valence-electron chi connectivity index (χ1n) is 2.74. The highest BCUT2D eigenvalue weighted by atomic mass is 15.0. The van der Waals surface area contributed by atoms with Gasteiger partial charge in [0.2, 0.25) is 0 Å². The first-order valence-corrected chi connectivity index (χ1v) is 2.74. The summed E-state index contributed by atoms with van der Waals surface area (Å²) in [7, 11) is 3.67. The summed E-state index contributed by atoms with van der Waals surface area (Å²) in [4.78, 5) is 7.89. The summed E-state index contributed by atoms with van der Waals surface area (Å²) in [6, 6.07) is 1.86. The third-order valence-electron chi connectivity index (χ3n) is 1.14. The van der Waals surface area contributed by atoms with Crippen molar-refractivity contribution in [2.24, 2.45) is 12.0 Å². The summed E-state index contributed by atoms with van der Waals surface area (Å²) >= 11 is 0. The Balaban J connectivity index is 3.33. The largest absolute Gasteiger partial charge is 0.321 e. The maximum Gasteiger partial charge on any atom is 0.129 e. The van der Waals surface area contributed by atoms with Gasteiger partial charge >= 0.3 is 0 Å². The van der Waals surface area contributed by atoms with Crippen molar-refractivity contribution >= 4 is 0 Å². The zero-order valence-corrected chi connectivity index (χ0v) is 5.57. The second kappa shape index (κ2) is 2.44. The van der Waals surface area contributed by atoms with E-state index in [2.05, 4.69) is 9.98 Å². The lowest BCUT2D eigenvalue weighted by atomic mass is 10.6. The smallest absolute Gasteiger partial charge is 0.129 e. The second-order valence-corrected chi connectivity index (χ2v) is 1.77. The Morgan fingerprint density at radius 2 is 2.44 bits per heavy atom. The van der Waals surface area contributed by atoms with Gasteiger partial charge in [0.15, 0.2) is 0 Å². The highest BCUT2D eigenvalue weighted by Gasteiger charge is 1.79. The van der Waals surface area contributed by atoms with Crippen molar-refractivity contribution in [3.63, 3.8) is 0 Å². The van der Waals surface area contributed by atoms with Crippen molar-refractivity contribution in [1.29, 1.82) is 0 Å². The van der Waals surface area contributed by atoms with E-state index >= 15 is 0 Å². The lowest BCUT2D eigenvalue weighted by molar-refractivity contribution is 0.796. The van der Waals surface area contributed by atoms with Crippen LogP contribution in [-0.4, -0.2) is 16.6 Å². The van der Waals surface area contributed by atoms with Gasteiger partial charge in [0, 0.05) is 20.3 Å². The molecular formula is C6H9N3. The number of hydrogen-bond donors (Lipinski definition) is 0. The molecule has 0 N–H and O–H groups in total. The van der Waals surface area contributed by atoms with Crippen LogP contribution in [0.4, 0.5) is 0 Å². The molecular weight excluding hydrogens is 114 g/mol. The van der Waals surface area contributed by atoms with Gasteiger partial charge in [-0.3, -0.25) is 4.99 Å². The topological polar surface area (TPSA) is 30.2 Å². The van der Waals surface area contributed by atoms with E-state index in [0.717, 1.165) is 5.49 Å². The molecule has 9 heavy (non-hydrogen) atoms. The standard InChI is InChI=1S/C6H9N3/c1-7-6-3-4-8-5-9(6)2/h3-5H,1-2H3. The predicted octanol–water partition coefficient (Wildman–Crippen LogP) is -0.0494. The minimum absolute atomic E-state index is 0.935. The van der Waals surface area contributed by atoms with E-state index in [-0.39, 0.29) is 0 Å². The van der Waals surface area contributed by atoms with E-state index in [1.807, 2.05) is 17.7 Å². The molecule has 0 radical (unpaired) electrons. The summed E-state index contributed by atoms with van der Waals surface area (Å²) in [6.07, 6.45) is 3.45. The van der Waals surface area contributed by atoms with Crippen molar-refractivity contribution in [2.75, 3.05) is 7.05 Å². The molecule has 0 saturated carbocycles. The van der Waals surface area contributed by atoms with Crippen LogP contribution in [-0.2, 0) is 7.05 Å². The molecule has 1 rings (SSSR count). The molecule has 0 saturated heterocycles. The molecule has 1 aromatic heterocycles. The molecule has 0 amide bonds. The van der Waals surface area contributed by atoms with E-state index in [4.69, 9.17) is 0 Å². The van der Waals surface area contributed by atoms with Gasteiger partial charge < -0.3 is 4.57 Å². The molecule has 0 spiro atoms. The molecule has 0 fully saturated rings. The van der Waals surface area contributed by atoms with Gasteiger partial charge in [-0.1, -0.05) is 0 Å². The summed E-state index contributed by atoms with van der Waals surface area (Å²) < 4.78 is 1.86. The molecule has 0 bridgehead atoms. The number of aromatic nitrogens is 2. The van der Waals surface area contributed by atoms with Crippen LogP contribution in [0.2, 0.25) is 0 Å². The van der Waals surface area contributed by atoms with Crippen molar-refractivity contribution in [3.8, 4) is 0 Å². The van der Waals surface area contributed by atoms with Gasteiger partial charge in [0.1, 0.15) is 5.49 Å². The first kappa shape index (κ1) is 6.01. The fourth-order valence-corrected chi connectivity index (χ4v) is 0.657. The van der Waals surface area contributed by atoms with E-state index in [0.29, 0.717) is 0 Å². The highest BCUT2D eigenvalue weighted by Crippen LogP contribution is 1.67. The SMILES string of the molecule is CN=c1ccncn1C. The molecule has 48 valence electrons. The first-order chi connectivity index (χ1) is 4.34. The maximum atomic E-state index is 3.99. The zero-order valence-electron chi connectivity index (χ0n) is 5.57. The van der Waals surface area contributed by atoms with Crippen LogP contribution in [0.1, 0.15) is 0 Å². The molecule has 0 aromatic carbocycles. The van der Waals surface area contributed by atoms with Gasteiger partial charge in [-0.15, -0.1) is 0 Å². The molecule has 0 aliphatic carbocycles. The lowest BCUT2D eigenvalue weighted by Gasteiger charge is -1.93. The van der Waals surface area contributed by atoms with E-state index < -0.39 is 0 Å². The second-order valence-electron chi connectivity index (χ2n) is 1.77.